The topological polar surface area (TPSA) is 17.8 Å². The second-order valence-corrected chi connectivity index (χ2v) is 4.87. The van der Waals surface area contributed by atoms with Crippen LogP contribution in [0, 0.1) is 0 Å². The molecule has 1 aromatic heterocycles. The van der Waals surface area contributed by atoms with Gasteiger partial charge in [0.1, 0.15) is 0 Å². The highest BCUT2D eigenvalue weighted by molar-refractivity contribution is 7.98. The van der Waals surface area contributed by atoms with Crippen LogP contribution in [-0.2, 0) is 19.4 Å². The number of nitrogens with zero attached hydrogens (tertiary/aromatic N) is 2. The van der Waals surface area contributed by atoms with E-state index in [1.54, 1.807) is 0 Å². The third kappa shape index (κ3) is 2.14. The van der Waals surface area contributed by atoms with Crippen molar-refractivity contribution in [2.45, 2.75) is 38.6 Å². The summed E-state index contributed by atoms with van der Waals surface area (Å²) in [5.41, 5.74) is 2.87. The Labute approximate surface area is 90.1 Å². The van der Waals surface area contributed by atoms with E-state index in [4.69, 9.17) is 0 Å². The SMILES string of the molecule is CSCCCn1cnc2c1CCCC2. The van der Waals surface area contributed by atoms with E-state index in [2.05, 4.69) is 15.8 Å². The minimum Gasteiger partial charge on any atom is -0.334 e. The van der Waals surface area contributed by atoms with E-state index in [0.717, 1.165) is 6.54 Å². The van der Waals surface area contributed by atoms with E-state index < -0.39 is 0 Å². The second kappa shape index (κ2) is 4.87. The number of aromatic nitrogens is 2. The molecule has 1 heterocycles. The van der Waals surface area contributed by atoms with Crippen LogP contribution in [0.1, 0.15) is 30.7 Å². The maximum Gasteiger partial charge on any atom is 0.0951 e. The monoisotopic (exact) mass is 210 g/mol. The molecule has 0 atom stereocenters. The molecular formula is C11H18N2S. The molecule has 78 valence electrons. The molecule has 1 aromatic rings. The zero-order chi connectivity index (χ0) is 9.80. The molecular weight excluding hydrogens is 192 g/mol. The first-order valence-electron chi connectivity index (χ1n) is 5.43. The molecule has 0 radical (unpaired) electrons. The predicted molar refractivity (Wildman–Crippen MR) is 61.9 cm³/mol. The third-order valence-corrected chi connectivity index (χ3v) is 3.55. The van der Waals surface area contributed by atoms with Crippen LogP contribution in [0.2, 0.25) is 0 Å². The van der Waals surface area contributed by atoms with Gasteiger partial charge in [-0.05, 0) is 44.1 Å². The standard InChI is InChI=1S/C11H18N2S/c1-14-8-4-7-13-9-12-10-5-2-3-6-11(10)13/h9H,2-8H2,1H3. The maximum atomic E-state index is 4.49. The van der Waals surface area contributed by atoms with E-state index in [1.807, 2.05) is 18.1 Å². The molecule has 0 saturated carbocycles. The van der Waals surface area contributed by atoms with Crippen LogP contribution in [0.4, 0.5) is 0 Å². The van der Waals surface area contributed by atoms with Gasteiger partial charge in [-0.3, -0.25) is 0 Å². The van der Waals surface area contributed by atoms with Gasteiger partial charge in [-0.2, -0.15) is 11.8 Å². The fourth-order valence-electron chi connectivity index (χ4n) is 2.10. The molecule has 0 N–H and O–H groups in total. The molecule has 0 aliphatic heterocycles. The van der Waals surface area contributed by atoms with Crippen LogP contribution >= 0.6 is 11.8 Å². The zero-order valence-corrected chi connectivity index (χ0v) is 9.65. The summed E-state index contributed by atoms with van der Waals surface area (Å²) in [5, 5.41) is 0. The molecule has 0 bridgehead atoms. The molecule has 0 aromatic carbocycles. The Hall–Kier alpha value is -0.440. The van der Waals surface area contributed by atoms with Gasteiger partial charge in [0.2, 0.25) is 0 Å². The van der Waals surface area contributed by atoms with Gasteiger partial charge in [-0.1, -0.05) is 0 Å². The van der Waals surface area contributed by atoms with Crippen LogP contribution in [0.25, 0.3) is 0 Å². The Morgan fingerprint density at radius 3 is 3.14 bits per heavy atom. The minimum absolute atomic E-state index is 1.16. The second-order valence-electron chi connectivity index (χ2n) is 3.88. The lowest BCUT2D eigenvalue weighted by Gasteiger charge is -2.13. The normalized spacial score (nSPS) is 15.5. The van der Waals surface area contributed by atoms with Gasteiger partial charge in [0, 0.05) is 12.2 Å². The molecule has 0 spiro atoms. The first-order valence-corrected chi connectivity index (χ1v) is 6.83. The molecule has 0 unspecified atom stereocenters. The highest BCUT2D eigenvalue weighted by Crippen LogP contribution is 2.20. The lowest BCUT2D eigenvalue weighted by molar-refractivity contribution is 0.598. The van der Waals surface area contributed by atoms with Crippen LogP contribution in [0.5, 0.6) is 0 Å². The summed E-state index contributed by atoms with van der Waals surface area (Å²) in [4.78, 5) is 4.49. The lowest BCUT2D eigenvalue weighted by atomic mass is 10.0. The summed E-state index contributed by atoms with van der Waals surface area (Å²) in [6.45, 7) is 1.16. The lowest BCUT2D eigenvalue weighted by Crippen LogP contribution is -2.08. The fraction of sp³-hybridized carbons (Fsp3) is 0.727. The summed E-state index contributed by atoms with van der Waals surface area (Å²) < 4.78 is 2.37. The summed E-state index contributed by atoms with van der Waals surface area (Å²) in [6.07, 6.45) is 10.6. The maximum absolute atomic E-state index is 4.49. The van der Waals surface area contributed by atoms with Gasteiger partial charge < -0.3 is 4.57 Å². The van der Waals surface area contributed by atoms with Crippen LogP contribution in [0.3, 0.4) is 0 Å². The van der Waals surface area contributed by atoms with E-state index in [1.165, 1.54) is 49.2 Å². The summed E-state index contributed by atoms with van der Waals surface area (Å²) in [6, 6.07) is 0. The third-order valence-electron chi connectivity index (χ3n) is 2.86. The molecule has 0 fully saturated rings. The van der Waals surface area contributed by atoms with Gasteiger partial charge in [-0.25, -0.2) is 4.98 Å². The Morgan fingerprint density at radius 1 is 1.43 bits per heavy atom. The number of imidazole rings is 1. The van der Waals surface area contributed by atoms with Crippen LogP contribution in [0.15, 0.2) is 6.33 Å². The van der Waals surface area contributed by atoms with Crippen molar-refractivity contribution < 1.29 is 0 Å². The van der Waals surface area contributed by atoms with Gasteiger partial charge in [-0.15, -0.1) is 0 Å². The summed E-state index contributed by atoms with van der Waals surface area (Å²) in [5.74, 6) is 1.26. The first kappa shape index (κ1) is 10.1. The molecule has 1 aliphatic rings. The van der Waals surface area contributed by atoms with Gasteiger partial charge in [0.25, 0.3) is 0 Å². The number of hydrogen-bond donors (Lipinski definition) is 0. The van der Waals surface area contributed by atoms with Crippen molar-refractivity contribution in [2.24, 2.45) is 0 Å². The highest BCUT2D eigenvalue weighted by atomic mass is 32.2. The van der Waals surface area contributed by atoms with E-state index >= 15 is 0 Å². The summed E-state index contributed by atoms with van der Waals surface area (Å²) >= 11 is 1.93. The highest BCUT2D eigenvalue weighted by Gasteiger charge is 2.14. The van der Waals surface area contributed by atoms with Gasteiger partial charge in [0.05, 0.1) is 12.0 Å². The average Bonchev–Trinajstić information content (AvgIpc) is 2.63. The molecule has 3 heteroatoms. The van der Waals surface area contributed by atoms with E-state index in [9.17, 15) is 0 Å². The number of fused-ring (bicyclic) bond motifs is 1. The van der Waals surface area contributed by atoms with Crippen LogP contribution in [-0.4, -0.2) is 21.6 Å². The van der Waals surface area contributed by atoms with Crippen molar-refractivity contribution in [3.63, 3.8) is 0 Å². The number of thioether (sulfide) groups is 1. The van der Waals surface area contributed by atoms with E-state index in [-0.39, 0.29) is 0 Å². The first-order chi connectivity index (χ1) is 6.92. The molecule has 0 saturated heterocycles. The Kier molecular flexibility index (Phi) is 3.51. The minimum atomic E-state index is 1.16. The van der Waals surface area contributed by atoms with Crippen molar-refractivity contribution in [1.29, 1.82) is 0 Å². The molecule has 14 heavy (non-hydrogen) atoms. The smallest absolute Gasteiger partial charge is 0.0951 e. The largest absolute Gasteiger partial charge is 0.334 e. The molecule has 0 amide bonds. The number of aryl methyl sites for hydroxylation is 2. The van der Waals surface area contributed by atoms with Gasteiger partial charge in [0.15, 0.2) is 0 Å². The number of rotatable bonds is 4. The quantitative estimate of drug-likeness (QED) is 0.711. The van der Waals surface area contributed by atoms with Crippen molar-refractivity contribution in [1.82, 2.24) is 9.55 Å². The Morgan fingerprint density at radius 2 is 2.29 bits per heavy atom. The van der Waals surface area contributed by atoms with Crippen molar-refractivity contribution in [3.05, 3.63) is 17.7 Å². The molecule has 2 rings (SSSR count). The molecule has 2 nitrogen and oxygen atoms in total. The number of hydrogen-bond acceptors (Lipinski definition) is 2. The Balaban J connectivity index is 1.99. The van der Waals surface area contributed by atoms with Crippen molar-refractivity contribution in [3.8, 4) is 0 Å². The zero-order valence-electron chi connectivity index (χ0n) is 8.83. The molecule has 1 aliphatic carbocycles. The average molecular weight is 210 g/mol. The van der Waals surface area contributed by atoms with Crippen molar-refractivity contribution >= 4 is 11.8 Å². The van der Waals surface area contributed by atoms with Gasteiger partial charge >= 0.3 is 0 Å². The van der Waals surface area contributed by atoms with E-state index in [0.29, 0.717) is 0 Å². The van der Waals surface area contributed by atoms with Crippen molar-refractivity contribution in [2.75, 3.05) is 12.0 Å². The van der Waals surface area contributed by atoms with Crippen LogP contribution < -0.4 is 0 Å². The summed E-state index contributed by atoms with van der Waals surface area (Å²) in [7, 11) is 0. The Bertz CT molecular complexity index is 293. The predicted octanol–water partition coefficient (Wildman–Crippen LogP) is 2.52. The fourth-order valence-corrected chi connectivity index (χ4v) is 2.52.